The van der Waals surface area contributed by atoms with E-state index in [4.69, 9.17) is 9.47 Å². The average Bonchev–Trinajstić information content (AvgIpc) is 2.74. The fraction of sp³-hybridized carbons (Fsp3) is 0.136. The van der Waals surface area contributed by atoms with Gasteiger partial charge in [0.05, 0.1) is 18.2 Å². The molecule has 0 aliphatic heterocycles. The Morgan fingerprint density at radius 3 is 2.47 bits per heavy atom. The molecule has 30 heavy (non-hydrogen) atoms. The molecule has 0 bridgehead atoms. The van der Waals surface area contributed by atoms with Crippen molar-refractivity contribution in [1.82, 2.24) is 4.83 Å². The quantitative estimate of drug-likeness (QED) is 0.434. The molecular formula is C22H21FN2O4S. The molecule has 0 radical (unpaired) electrons. The fourth-order valence-electron chi connectivity index (χ4n) is 2.60. The van der Waals surface area contributed by atoms with E-state index in [2.05, 4.69) is 9.93 Å². The Kier molecular flexibility index (Phi) is 6.68. The zero-order valence-electron chi connectivity index (χ0n) is 16.5. The van der Waals surface area contributed by atoms with Gasteiger partial charge in [0.1, 0.15) is 12.4 Å². The van der Waals surface area contributed by atoms with Gasteiger partial charge in [-0.2, -0.15) is 13.5 Å². The molecule has 1 N–H and O–H groups in total. The summed E-state index contributed by atoms with van der Waals surface area (Å²) in [5, 5.41) is 3.81. The second-order valence-electron chi connectivity index (χ2n) is 6.46. The van der Waals surface area contributed by atoms with Gasteiger partial charge in [0.25, 0.3) is 10.0 Å². The van der Waals surface area contributed by atoms with Crippen molar-refractivity contribution in [2.24, 2.45) is 5.10 Å². The molecule has 0 saturated heterocycles. The van der Waals surface area contributed by atoms with Crippen LogP contribution in [0.15, 0.2) is 76.7 Å². The zero-order chi connectivity index (χ0) is 21.6. The lowest BCUT2D eigenvalue weighted by Crippen LogP contribution is -2.18. The van der Waals surface area contributed by atoms with E-state index in [1.807, 2.05) is 6.92 Å². The van der Waals surface area contributed by atoms with Gasteiger partial charge in [0.15, 0.2) is 11.5 Å². The highest BCUT2D eigenvalue weighted by Crippen LogP contribution is 2.28. The molecule has 0 spiro atoms. The van der Waals surface area contributed by atoms with Crippen molar-refractivity contribution in [3.05, 3.63) is 89.2 Å². The van der Waals surface area contributed by atoms with E-state index in [0.717, 1.165) is 5.56 Å². The van der Waals surface area contributed by atoms with Gasteiger partial charge in [0.2, 0.25) is 0 Å². The van der Waals surface area contributed by atoms with E-state index in [-0.39, 0.29) is 17.3 Å². The number of methoxy groups -OCH3 is 1. The zero-order valence-corrected chi connectivity index (χ0v) is 17.3. The van der Waals surface area contributed by atoms with Crippen LogP contribution in [0.1, 0.15) is 16.7 Å². The standard InChI is InChI=1S/C22H21FN2O4S/c1-16-7-10-19(11-8-16)30(26,27)25-24-14-17-9-12-21(22(13-17)28-2)29-15-18-5-3-4-6-20(18)23/h3-14,25H,15H2,1-2H3/b24-14+. The lowest BCUT2D eigenvalue weighted by molar-refractivity contribution is 0.279. The van der Waals surface area contributed by atoms with E-state index >= 15 is 0 Å². The second kappa shape index (κ2) is 9.41. The Morgan fingerprint density at radius 2 is 1.77 bits per heavy atom. The lowest BCUT2D eigenvalue weighted by atomic mass is 10.2. The number of benzene rings is 3. The van der Waals surface area contributed by atoms with E-state index in [0.29, 0.717) is 22.6 Å². The Bertz CT molecular complexity index is 1150. The van der Waals surface area contributed by atoms with E-state index in [9.17, 15) is 12.8 Å². The number of nitrogens with one attached hydrogen (secondary N) is 1. The van der Waals surface area contributed by atoms with Gasteiger partial charge in [-0.1, -0.05) is 35.9 Å². The summed E-state index contributed by atoms with van der Waals surface area (Å²) in [7, 11) is -2.28. The molecule has 0 atom stereocenters. The molecule has 0 fully saturated rings. The highest BCUT2D eigenvalue weighted by atomic mass is 32.2. The predicted molar refractivity (Wildman–Crippen MR) is 113 cm³/mol. The van der Waals surface area contributed by atoms with Crippen LogP contribution in [-0.4, -0.2) is 21.7 Å². The molecule has 6 nitrogen and oxygen atoms in total. The molecule has 3 aromatic rings. The SMILES string of the molecule is COc1cc(/C=N/NS(=O)(=O)c2ccc(C)cc2)ccc1OCc1ccccc1F. The molecule has 0 amide bonds. The van der Waals surface area contributed by atoms with Gasteiger partial charge in [0, 0.05) is 5.56 Å². The Morgan fingerprint density at radius 1 is 1.03 bits per heavy atom. The topological polar surface area (TPSA) is 77.0 Å². The summed E-state index contributed by atoms with van der Waals surface area (Å²) in [5.74, 6) is 0.496. The molecular weight excluding hydrogens is 407 g/mol. The molecule has 0 aliphatic rings. The van der Waals surface area contributed by atoms with E-state index in [1.165, 1.54) is 31.5 Å². The second-order valence-corrected chi connectivity index (χ2v) is 8.12. The number of nitrogens with zero attached hydrogens (tertiary/aromatic N) is 1. The summed E-state index contributed by atoms with van der Waals surface area (Å²) in [5.41, 5.74) is 1.98. The number of rotatable bonds is 8. The van der Waals surface area contributed by atoms with Crippen molar-refractivity contribution < 1.29 is 22.3 Å². The van der Waals surface area contributed by atoms with E-state index in [1.54, 1.807) is 48.5 Å². The van der Waals surface area contributed by atoms with Crippen LogP contribution in [0.3, 0.4) is 0 Å². The first kappa shape index (κ1) is 21.3. The summed E-state index contributed by atoms with van der Waals surface area (Å²) in [6.07, 6.45) is 1.36. The fourth-order valence-corrected chi connectivity index (χ4v) is 3.39. The summed E-state index contributed by atoms with van der Waals surface area (Å²) in [4.78, 5) is 2.30. The highest BCUT2D eigenvalue weighted by Gasteiger charge is 2.12. The van der Waals surface area contributed by atoms with Crippen LogP contribution >= 0.6 is 0 Å². The first-order chi connectivity index (χ1) is 14.4. The number of sulfonamides is 1. The van der Waals surface area contributed by atoms with Crippen LogP contribution in [-0.2, 0) is 16.6 Å². The van der Waals surface area contributed by atoms with E-state index < -0.39 is 10.0 Å². The van der Waals surface area contributed by atoms with Crippen LogP contribution in [0, 0.1) is 12.7 Å². The number of hydrogen-bond acceptors (Lipinski definition) is 5. The van der Waals surface area contributed by atoms with Crippen LogP contribution in [0.25, 0.3) is 0 Å². The van der Waals surface area contributed by atoms with Gasteiger partial charge in [-0.05, 0) is 48.9 Å². The van der Waals surface area contributed by atoms with Crippen molar-refractivity contribution >= 4 is 16.2 Å². The van der Waals surface area contributed by atoms with Gasteiger partial charge in [-0.15, -0.1) is 0 Å². The Labute approximate surface area is 175 Å². The molecule has 8 heteroatoms. The number of halogens is 1. The Balaban J connectivity index is 1.68. The van der Waals surface area contributed by atoms with Crippen LogP contribution in [0.5, 0.6) is 11.5 Å². The largest absolute Gasteiger partial charge is 0.493 e. The molecule has 156 valence electrons. The maximum atomic E-state index is 13.7. The normalized spacial score (nSPS) is 11.4. The first-order valence-corrected chi connectivity index (χ1v) is 10.5. The van der Waals surface area contributed by atoms with Crippen molar-refractivity contribution in [2.75, 3.05) is 7.11 Å². The molecule has 0 aromatic heterocycles. The van der Waals surface area contributed by atoms with Crippen LogP contribution in [0.4, 0.5) is 4.39 Å². The number of aryl methyl sites for hydroxylation is 1. The summed E-state index contributed by atoms with van der Waals surface area (Å²) >= 11 is 0. The molecule has 0 aliphatic carbocycles. The third-order valence-corrected chi connectivity index (χ3v) is 5.49. The van der Waals surface area contributed by atoms with Gasteiger partial charge < -0.3 is 9.47 Å². The van der Waals surface area contributed by atoms with Crippen molar-refractivity contribution in [3.8, 4) is 11.5 Å². The van der Waals surface area contributed by atoms with Crippen molar-refractivity contribution in [3.63, 3.8) is 0 Å². The lowest BCUT2D eigenvalue weighted by Gasteiger charge is -2.11. The minimum absolute atomic E-state index is 0.0484. The third-order valence-electron chi connectivity index (χ3n) is 4.25. The molecule has 3 aromatic carbocycles. The van der Waals surface area contributed by atoms with Crippen molar-refractivity contribution in [1.29, 1.82) is 0 Å². The number of hydrazone groups is 1. The van der Waals surface area contributed by atoms with Gasteiger partial charge in [-0.3, -0.25) is 0 Å². The molecule has 0 saturated carbocycles. The summed E-state index contributed by atoms with van der Waals surface area (Å²) < 4.78 is 49.2. The molecule has 3 rings (SSSR count). The van der Waals surface area contributed by atoms with Gasteiger partial charge >= 0.3 is 0 Å². The minimum Gasteiger partial charge on any atom is -0.493 e. The number of ether oxygens (including phenoxy) is 2. The third kappa shape index (κ3) is 5.36. The first-order valence-electron chi connectivity index (χ1n) is 9.05. The average molecular weight is 428 g/mol. The molecule has 0 heterocycles. The number of hydrogen-bond donors (Lipinski definition) is 1. The molecule has 0 unspecified atom stereocenters. The maximum absolute atomic E-state index is 13.7. The van der Waals surface area contributed by atoms with Crippen LogP contribution < -0.4 is 14.3 Å². The van der Waals surface area contributed by atoms with Gasteiger partial charge in [-0.25, -0.2) is 9.22 Å². The van der Waals surface area contributed by atoms with Crippen LogP contribution in [0.2, 0.25) is 0 Å². The summed E-state index contributed by atoms with van der Waals surface area (Å²) in [6, 6.07) is 17.8. The smallest absolute Gasteiger partial charge is 0.276 e. The predicted octanol–water partition coefficient (Wildman–Crippen LogP) is 4.03. The maximum Gasteiger partial charge on any atom is 0.276 e. The van der Waals surface area contributed by atoms with Crippen molar-refractivity contribution in [2.45, 2.75) is 18.4 Å². The minimum atomic E-state index is -3.75. The Hall–Kier alpha value is -3.39. The summed E-state index contributed by atoms with van der Waals surface area (Å²) in [6.45, 7) is 1.92. The monoisotopic (exact) mass is 428 g/mol. The highest BCUT2D eigenvalue weighted by molar-refractivity contribution is 7.89.